The van der Waals surface area contributed by atoms with Gasteiger partial charge in [-0.15, -0.1) is 11.6 Å². The second-order valence-electron chi connectivity index (χ2n) is 4.94. The number of hydrogen-bond acceptors (Lipinski definition) is 3. The van der Waals surface area contributed by atoms with Crippen LogP contribution in [-0.4, -0.2) is 40.9 Å². The zero-order chi connectivity index (χ0) is 14.5. The van der Waals surface area contributed by atoms with Gasteiger partial charge in [0.2, 0.25) is 0 Å². The van der Waals surface area contributed by atoms with Crippen LogP contribution in [0.4, 0.5) is 0 Å². The van der Waals surface area contributed by atoms with Gasteiger partial charge in [0.25, 0.3) is 0 Å². The molecular weight excluding hydrogens is 274 g/mol. The van der Waals surface area contributed by atoms with Crippen LogP contribution in [-0.2, 0) is 13.5 Å². The molecular formula is C15H20ClN3O. The molecule has 1 heterocycles. The molecule has 20 heavy (non-hydrogen) atoms. The maximum atomic E-state index is 6.17. The summed E-state index contributed by atoms with van der Waals surface area (Å²) in [6.45, 7) is 0.455. The van der Waals surface area contributed by atoms with Crippen molar-refractivity contribution in [3.63, 3.8) is 0 Å². The lowest BCUT2D eigenvalue weighted by molar-refractivity contribution is 0.236. The van der Waals surface area contributed by atoms with E-state index < -0.39 is 0 Å². The van der Waals surface area contributed by atoms with E-state index in [0.717, 1.165) is 23.4 Å². The van der Waals surface area contributed by atoms with Crippen molar-refractivity contribution in [3.05, 3.63) is 47.8 Å². The quantitative estimate of drug-likeness (QED) is 0.606. The van der Waals surface area contributed by atoms with Crippen LogP contribution in [0.2, 0.25) is 0 Å². The zero-order valence-corrected chi connectivity index (χ0v) is 12.8. The van der Waals surface area contributed by atoms with E-state index in [4.69, 9.17) is 16.3 Å². The van der Waals surface area contributed by atoms with E-state index in [1.165, 1.54) is 0 Å². The van der Waals surface area contributed by atoms with Crippen LogP contribution in [0.25, 0.3) is 0 Å². The van der Waals surface area contributed by atoms with Crippen LogP contribution in [0.1, 0.15) is 11.3 Å². The summed E-state index contributed by atoms with van der Waals surface area (Å²) in [6, 6.07) is 10.1. The number of halogens is 1. The third-order valence-electron chi connectivity index (χ3n) is 3.20. The molecule has 5 heteroatoms. The number of aryl methyl sites for hydroxylation is 1. The second-order valence-corrected chi connectivity index (χ2v) is 5.44. The molecule has 0 aliphatic carbocycles. The van der Waals surface area contributed by atoms with Gasteiger partial charge < -0.3 is 4.74 Å². The number of alkyl halides is 1. The SMILES string of the molecule is CN(C)C(Cl)COc1ccccc1Cc1ccnn1C. The number of para-hydroxylation sites is 1. The molecule has 0 amide bonds. The van der Waals surface area contributed by atoms with E-state index in [9.17, 15) is 0 Å². The molecule has 1 atom stereocenters. The van der Waals surface area contributed by atoms with Gasteiger partial charge in [-0.3, -0.25) is 9.58 Å². The van der Waals surface area contributed by atoms with Gasteiger partial charge >= 0.3 is 0 Å². The predicted octanol–water partition coefficient (Wildman–Crippen LogP) is 2.52. The topological polar surface area (TPSA) is 30.3 Å². The van der Waals surface area contributed by atoms with E-state index in [-0.39, 0.29) is 5.50 Å². The highest BCUT2D eigenvalue weighted by Crippen LogP contribution is 2.21. The Morgan fingerprint density at radius 3 is 2.70 bits per heavy atom. The first-order valence-corrected chi connectivity index (χ1v) is 6.99. The first-order valence-electron chi connectivity index (χ1n) is 6.56. The van der Waals surface area contributed by atoms with Crippen LogP contribution >= 0.6 is 11.6 Å². The van der Waals surface area contributed by atoms with Crippen LogP contribution < -0.4 is 4.74 Å². The van der Waals surface area contributed by atoms with E-state index in [0.29, 0.717) is 6.61 Å². The summed E-state index contributed by atoms with van der Waals surface area (Å²) in [5, 5.41) is 4.19. The lowest BCUT2D eigenvalue weighted by Crippen LogP contribution is -2.28. The van der Waals surface area contributed by atoms with Crippen molar-refractivity contribution in [2.24, 2.45) is 7.05 Å². The zero-order valence-electron chi connectivity index (χ0n) is 12.1. The number of ether oxygens (including phenoxy) is 1. The van der Waals surface area contributed by atoms with Gasteiger partial charge in [0.05, 0.1) is 0 Å². The summed E-state index contributed by atoms with van der Waals surface area (Å²) in [4.78, 5) is 1.92. The van der Waals surface area contributed by atoms with E-state index in [1.54, 1.807) is 6.20 Å². The average molecular weight is 294 g/mol. The summed E-state index contributed by atoms with van der Waals surface area (Å²) in [5.74, 6) is 0.876. The van der Waals surface area contributed by atoms with Crippen molar-refractivity contribution in [1.29, 1.82) is 0 Å². The van der Waals surface area contributed by atoms with E-state index in [2.05, 4.69) is 11.2 Å². The fourth-order valence-corrected chi connectivity index (χ4v) is 1.93. The minimum Gasteiger partial charge on any atom is -0.490 e. The molecule has 0 saturated carbocycles. The summed E-state index contributed by atoms with van der Waals surface area (Å²) >= 11 is 6.17. The third kappa shape index (κ3) is 3.74. The van der Waals surface area contributed by atoms with Crippen LogP contribution in [0, 0.1) is 0 Å². The fourth-order valence-electron chi connectivity index (χ4n) is 1.87. The lowest BCUT2D eigenvalue weighted by atomic mass is 10.1. The van der Waals surface area contributed by atoms with Crippen LogP contribution in [0.15, 0.2) is 36.5 Å². The van der Waals surface area contributed by atoms with Gasteiger partial charge in [0.1, 0.15) is 17.9 Å². The van der Waals surface area contributed by atoms with Crippen molar-refractivity contribution in [3.8, 4) is 5.75 Å². The Kier molecular flexibility index (Phi) is 5.04. The number of aromatic nitrogens is 2. The largest absolute Gasteiger partial charge is 0.490 e. The molecule has 2 aromatic rings. The molecule has 0 N–H and O–H groups in total. The smallest absolute Gasteiger partial charge is 0.123 e. The molecule has 0 bridgehead atoms. The molecule has 0 aliphatic heterocycles. The minimum atomic E-state index is -0.139. The lowest BCUT2D eigenvalue weighted by Gasteiger charge is -2.19. The highest BCUT2D eigenvalue weighted by Gasteiger charge is 2.11. The van der Waals surface area contributed by atoms with E-state index in [1.807, 2.05) is 55.0 Å². The van der Waals surface area contributed by atoms with E-state index >= 15 is 0 Å². The Bertz CT molecular complexity index is 554. The Labute approximate surface area is 124 Å². The predicted molar refractivity (Wildman–Crippen MR) is 81.3 cm³/mol. The van der Waals surface area contributed by atoms with Crippen LogP contribution in [0.3, 0.4) is 0 Å². The van der Waals surface area contributed by atoms with Crippen molar-refractivity contribution >= 4 is 11.6 Å². The average Bonchev–Trinajstić information content (AvgIpc) is 2.83. The molecule has 0 radical (unpaired) electrons. The highest BCUT2D eigenvalue weighted by molar-refractivity contribution is 6.20. The van der Waals surface area contributed by atoms with Crippen LogP contribution in [0.5, 0.6) is 5.75 Å². The van der Waals surface area contributed by atoms with Gasteiger partial charge in [-0.1, -0.05) is 18.2 Å². The van der Waals surface area contributed by atoms with Gasteiger partial charge in [-0.2, -0.15) is 5.10 Å². The molecule has 1 aromatic carbocycles. The number of rotatable bonds is 6. The first kappa shape index (κ1) is 14.9. The maximum Gasteiger partial charge on any atom is 0.123 e. The van der Waals surface area contributed by atoms with Crippen molar-refractivity contribution in [2.75, 3.05) is 20.7 Å². The molecule has 4 nitrogen and oxygen atoms in total. The molecule has 108 valence electrons. The molecule has 1 unspecified atom stereocenters. The number of benzene rings is 1. The van der Waals surface area contributed by atoms with Gasteiger partial charge in [-0.05, 0) is 26.2 Å². The molecule has 0 spiro atoms. The Hall–Kier alpha value is -1.52. The number of hydrogen-bond donors (Lipinski definition) is 0. The Morgan fingerprint density at radius 2 is 2.05 bits per heavy atom. The molecule has 0 aliphatic rings. The first-order chi connectivity index (χ1) is 9.58. The fraction of sp³-hybridized carbons (Fsp3) is 0.400. The minimum absolute atomic E-state index is 0.139. The number of likely N-dealkylation sites (N-methyl/N-ethyl adjacent to an activating group) is 1. The molecule has 2 rings (SSSR count). The maximum absolute atomic E-state index is 6.17. The molecule has 0 fully saturated rings. The highest BCUT2D eigenvalue weighted by atomic mass is 35.5. The van der Waals surface area contributed by atoms with Gasteiger partial charge in [0, 0.05) is 30.9 Å². The van der Waals surface area contributed by atoms with Crippen molar-refractivity contribution in [1.82, 2.24) is 14.7 Å². The van der Waals surface area contributed by atoms with Gasteiger partial charge in [-0.25, -0.2) is 0 Å². The van der Waals surface area contributed by atoms with Crippen molar-refractivity contribution < 1.29 is 4.74 Å². The Balaban J connectivity index is 2.08. The standard InChI is InChI=1S/C15H20ClN3O/c1-18(2)15(16)11-20-14-7-5-4-6-12(14)10-13-8-9-17-19(13)3/h4-9,15H,10-11H2,1-3H3. The molecule has 1 aromatic heterocycles. The monoisotopic (exact) mass is 293 g/mol. The third-order valence-corrected chi connectivity index (χ3v) is 3.72. The second kappa shape index (κ2) is 6.77. The summed E-state index contributed by atoms with van der Waals surface area (Å²) in [7, 11) is 5.81. The Morgan fingerprint density at radius 1 is 1.30 bits per heavy atom. The van der Waals surface area contributed by atoms with Crippen molar-refractivity contribution in [2.45, 2.75) is 11.9 Å². The summed E-state index contributed by atoms with van der Waals surface area (Å²) in [6.07, 6.45) is 2.60. The van der Waals surface area contributed by atoms with Gasteiger partial charge in [0.15, 0.2) is 0 Å². The molecule has 0 saturated heterocycles. The summed E-state index contributed by atoms with van der Waals surface area (Å²) in [5.41, 5.74) is 2.15. The normalized spacial score (nSPS) is 12.7. The number of nitrogens with zero attached hydrogens (tertiary/aromatic N) is 3. The summed E-state index contributed by atoms with van der Waals surface area (Å²) < 4.78 is 7.72.